The molecule has 1 N–H and O–H groups in total. The highest BCUT2D eigenvalue weighted by atomic mass is 16.7. The van der Waals surface area contributed by atoms with Gasteiger partial charge >= 0.3 is 5.97 Å². The molecule has 1 saturated heterocycles. The minimum atomic E-state index is -1.79. The summed E-state index contributed by atoms with van der Waals surface area (Å²) in [6, 6.07) is 17.3. The van der Waals surface area contributed by atoms with Gasteiger partial charge in [0, 0.05) is 35.7 Å². The van der Waals surface area contributed by atoms with Crippen LogP contribution >= 0.6 is 0 Å². The SMILES string of the molecule is CCC1(O)C(=O)OCc2c1cc1n(c2=O)Cc2cc3ccccc3nc2-1.O=C(C=CC=Cc1ccc2c(c1)OCO2)N1CCCCC1. The van der Waals surface area contributed by atoms with Crippen LogP contribution in [0.1, 0.15) is 54.9 Å². The Morgan fingerprint density at radius 2 is 1.79 bits per heavy atom. The Balaban J connectivity index is 0.000000153. The van der Waals surface area contributed by atoms with Gasteiger partial charge in [-0.3, -0.25) is 9.59 Å². The molecule has 4 aliphatic rings. The van der Waals surface area contributed by atoms with Crippen LogP contribution in [-0.2, 0) is 33.1 Å². The number of benzene rings is 2. The molecule has 10 nitrogen and oxygen atoms in total. The fraction of sp³-hybridized carbons (Fsp3) is 0.297. The Morgan fingerprint density at radius 1 is 0.979 bits per heavy atom. The fourth-order valence-electron chi connectivity index (χ4n) is 6.47. The molecule has 0 aliphatic carbocycles. The second-order valence-corrected chi connectivity index (χ2v) is 12.0. The van der Waals surface area contributed by atoms with Gasteiger partial charge in [-0.25, -0.2) is 9.78 Å². The van der Waals surface area contributed by atoms with Crippen molar-refractivity contribution in [1.82, 2.24) is 14.5 Å². The molecule has 1 atom stereocenters. The van der Waals surface area contributed by atoms with Crippen LogP contribution < -0.4 is 15.0 Å². The predicted molar refractivity (Wildman–Crippen MR) is 176 cm³/mol. The first-order valence-electron chi connectivity index (χ1n) is 15.9. The van der Waals surface area contributed by atoms with Crippen LogP contribution in [0.2, 0.25) is 0 Å². The number of para-hydroxylation sites is 1. The number of likely N-dealkylation sites (tertiary alicyclic amines) is 1. The van der Waals surface area contributed by atoms with Crippen LogP contribution in [0, 0.1) is 0 Å². The topological polar surface area (TPSA) is 120 Å². The van der Waals surface area contributed by atoms with Crippen molar-refractivity contribution in [2.75, 3.05) is 19.9 Å². The fourth-order valence-corrected chi connectivity index (χ4v) is 6.47. The van der Waals surface area contributed by atoms with Gasteiger partial charge in [-0.1, -0.05) is 49.4 Å². The van der Waals surface area contributed by atoms with Crippen molar-refractivity contribution in [2.45, 2.75) is 51.4 Å². The van der Waals surface area contributed by atoms with Gasteiger partial charge in [0.15, 0.2) is 17.1 Å². The average Bonchev–Trinajstić information content (AvgIpc) is 3.72. The van der Waals surface area contributed by atoms with E-state index in [0.29, 0.717) is 23.4 Å². The summed E-state index contributed by atoms with van der Waals surface area (Å²) in [6.07, 6.45) is 10.9. The summed E-state index contributed by atoms with van der Waals surface area (Å²) in [5.74, 6) is 0.945. The van der Waals surface area contributed by atoms with Gasteiger partial charge in [0.25, 0.3) is 5.56 Å². The van der Waals surface area contributed by atoms with Crippen molar-refractivity contribution in [2.24, 2.45) is 0 Å². The highest BCUT2D eigenvalue weighted by Gasteiger charge is 2.45. The van der Waals surface area contributed by atoms with Crippen LogP contribution in [0.25, 0.3) is 28.4 Å². The third-order valence-corrected chi connectivity index (χ3v) is 9.12. The average molecular weight is 634 g/mol. The third kappa shape index (κ3) is 5.69. The quantitative estimate of drug-likeness (QED) is 0.165. The predicted octanol–water partition coefficient (Wildman–Crippen LogP) is 5.08. The maximum atomic E-state index is 13.0. The lowest BCUT2D eigenvalue weighted by Crippen LogP contribution is -2.44. The van der Waals surface area contributed by atoms with E-state index in [1.54, 1.807) is 29.7 Å². The molecule has 4 aromatic rings. The summed E-state index contributed by atoms with van der Waals surface area (Å²) in [5.41, 5.74) is 2.84. The lowest BCUT2D eigenvalue weighted by Gasteiger charge is -2.31. The normalized spacial score (nSPS) is 19.3. The van der Waals surface area contributed by atoms with Gasteiger partial charge in [0.2, 0.25) is 12.7 Å². The molecule has 240 valence electrons. The van der Waals surface area contributed by atoms with Gasteiger partial charge in [0.1, 0.15) is 6.61 Å². The Kier molecular flexibility index (Phi) is 8.11. The number of nitrogens with zero attached hydrogens (tertiary/aromatic N) is 3. The number of carbonyl (C=O) groups is 2. The Labute approximate surface area is 271 Å². The van der Waals surface area contributed by atoms with Crippen LogP contribution in [0.3, 0.4) is 0 Å². The summed E-state index contributed by atoms with van der Waals surface area (Å²) in [4.78, 5) is 43.7. The van der Waals surface area contributed by atoms with Crippen molar-refractivity contribution in [1.29, 1.82) is 0 Å². The Hall–Kier alpha value is -5.22. The number of amides is 1. The molecule has 4 aliphatic heterocycles. The molecule has 0 bridgehead atoms. The van der Waals surface area contributed by atoms with Crippen LogP contribution in [0.5, 0.6) is 11.5 Å². The molecule has 1 amide bonds. The zero-order chi connectivity index (χ0) is 32.5. The molecular weight excluding hydrogens is 598 g/mol. The largest absolute Gasteiger partial charge is 0.458 e. The molecule has 0 spiro atoms. The number of rotatable bonds is 4. The summed E-state index contributed by atoms with van der Waals surface area (Å²) in [6.45, 7) is 4.06. The van der Waals surface area contributed by atoms with Crippen molar-refractivity contribution in [3.05, 3.63) is 105 Å². The molecule has 2 aromatic heterocycles. The van der Waals surface area contributed by atoms with E-state index in [9.17, 15) is 19.5 Å². The van der Waals surface area contributed by atoms with Gasteiger partial charge in [0.05, 0.1) is 29.0 Å². The first-order valence-corrected chi connectivity index (χ1v) is 15.9. The molecule has 1 unspecified atom stereocenters. The number of allylic oxidation sites excluding steroid dienone is 2. The number of fused-ring (bicyclic) bond motifs is 6. The van der Waals surface area contributed by atoms with Crippen molar-refractivity contribution >= 4 is 28.9 Å². The van der Waals surface area contributed by atoms with E-state index in [1.807, 2.05) is 65.6 Å². The van der Waals surface area contributed by atoms with Crippen molar-refractivity contribution < 1.29 is 28.9 Å². The zero-order valence-corrected chi connectivity index (χ0v) is 26.1. The number of cyclic esters (lactones) is 1. The van der Waals surface area contributed by atoms with E-state index in [2.05, 4.69) is 0 Å². The van der Waals surface area contributed by atoms with E-state index < -0.39 is 11.6 Å². The molecule has 2 aromatic carbocycles. The molecule has 0 saturated carbocycles. The van der Waals surface area contributed by atoms with Crippen LogP contribution in [0.15, 0.2) is 77.6 Å². The number of aliphatic hydroxyl groups is 1. The maximum Gasteiger partial charge on any atom is 0.343 e. The number of pyridine rings is 2. The minimum Gasteiger partial charge on any atom is -0.458 e. The second-order valence-electron chi connectivity index (χ2n) is 12.0. The molecule has 10 heteroatoms. The van der Waals surface area contributed by atoms with Crippen molar-refractivity contribution in [3.63, 3.8) is 0 Å². The standard InChI is InChI=1S/C20H16N2O4.C17H19NO3/c1-2-20(25)14-8-16-17-12(7-11-5-3-4-6-15(11)21-17)9-22(16)18(23)13(14)10-26-19(20)24;19-17(18-10-4-1-5-11-18)7-3-2-6-14-8-9-15-16(12-14)21-13-20-15/h3-8,25H,2,9-10H2,1H3;2-3,6-9,12H,1,4-5,10-11,13H2. The number of carbonyl (C=O) groups excluding carboxylic acids is 2. The first kappa shape index (κ1) is 30.4. The van der Waals surface area contributed by atoms with E-state index in [4.69, 9.17) is 19.2 Å². The third-order valence-electron chi connectivity index (χ3n) is 9.12. The molecule has 0 radical (unpaired) electrons. The lowest BCUT2D eigenvalue weighted by molar-refractivity contribution is -0.172. The smallest absolute Gasteiger partial charge is 0.343 e. The van der Waals surface area contributed by atoms with E-state index in [-0.39, 0.29) is 31.3 Å². The monoisotopic (exact) mass is 633 g/mol. The maximum absolute atomic E-state index is 13.0. The number of ether oxygens (including phenoxy) is 3. The molecule has 8 rings (SSSR count). The number of hydrogen-bond acceptors (Lipinski definition) is 8. The van der Waals surface area contributed by atoms with Crippen LogP contribution in [-0.4, -0.2) is 51.3 Å². The van der Waals surface area contributed by atoms with Crippen LogP contribution in [0.4, 0.5) is 0 Å². The van der Waals surface area contributed by atoms with Gasteiger partial charge in [-0.05, 0) is 61.6 Å². The molecular formula is C37H35N3O7. The summed E-state index contributed by atoms with van der Waals surface area (Å²) < 4.78 is 17.3. The molecule has 1 fully saturated rings. The van der Waals surface area contributed by atoms with E-state index >= 15 is 0 Å². The molecule has 47 heavy (non-hydrogen) atoms. The number of piperidine rings is 1. The zero-order valence-electron chi connectivity index (χ0n) is 26.1. The first-order chi connectivity index (χ1) is 22.9. The Morgan fingerprint density at radius 3 is 2.62 bits per heavy atom. The van der Waals surface area contributed by atoms with Gasteiger partial charge < -0.3 is 28.8 Å². The number of hydrogen-bond donors (Lipinski definition) is 1. The summed E-state index contributed by atoms with van der Waals surface area (Å²) in [7, 11) is 0. The van der Waals surface area contributed by atoms with Crippen molar-refractivity contribution in [3.8, 4) is 22.9 Å². The van der Waals surface area contributed by atoms with Gasteiger partial charge in [-0.15, -0.1) is 0 Å². The summed E-state index contributed by atoms with van der Waals surface area (Å²) in [5, 5.41) is 11.8. The van der Waals surface area contributed by atoms with E-state index in [0.717, 1.165) is 65.2 Å². The molecule has 6 heterocycles. The second kappa shape index (κ2) is 12.5. The van der Waals surface area contributed by atoms with E-state index in [1.165, 1.54) is 6.42 Å². The number of aromatic nitrogens is 2. The number of esters is 1. The lowest BCUT2D eigenvalue weighted by atomic mass is 9.86. The summed E-state index contributed by atoms with van der Waals surface area (Å²) >= 11 is 0. The Bertz CT molecular complexity index is 2010. The minimum absolute atomic E-state index is 0.102. The highest BCUT2D eigenvalue weighted by molar-refractivity contribution is 5.88. The highest BCUT2D eigenvalue weighted by Crippen LogP contribution is 2.38. The van der Waals surface area contributed by atoms with Gasteiger partial charge in [-0.2, -0.15) is 0 Å².